The van der Waals surface area contributed by atoms with Gasteiger partial charge in [0.05, 0.1) is 20.6 Å². The smallest absolute Gasteiger partial charge is 0.417 e. The average Bonchev–Trinajstić information content (AvgIpc) is 2.06. The quantitative estimate of drug-likeness (QED) is 0.856. The Hall–Kier alpha value is -0.750. The molecular formula is C8H3BrClF3O2. The molecular weight excluding hydrogens is 300 g/mol. The molecule has 7 heteroatoms. The van der Waals surface area contributed by atoms with Gasteiger partial charge >= 0.3 is 12.1 Å². The Bertz CT molecular complexity index is 417. The molecule has 0 saturated heterocycles. The molecule has 0 bridgehead atoms. The summed E-state index contributed by atoms with van der Waals surface area (Å²) in [5.74, 6) is -1.35. The van der Waals surface area contributed by atoms with Gasteiger partial charge in [-0.2, -0.15) is 13.2 Å². The molecule has 0 unspecified atom stereocenters. The van der Waals surface area contributed by atoms with Crippen molar-refractivity contribution in [3.8, 4) is 0 Å². The van der Waals surface area contributed by atoms with Gasteiger partial charge in [-0.1, -0.05) is 11.6 Å². The summed E-state index contributed by atoms with van der Waals surface area (Å²) in [5.41, 5.74) is -1.38. The average molecular weight is 303 g/mol. The van der Waals surface area contributed by atoms with Crippen LogP contribution < -0.4 is 0 Å². The zero-order valence-corrected chi connectivity index (χ0v) is 9.24. The van der Waals surface area contributed by atoms with E-state index < -0.39 is 22.7 Å². The van der Waals surface area contributed by atoms with Crippen molar-refractivity contribution in [1.82, 2.24) is 0 Å². The lowest BCUT2D eigenvalue weighted by Gasteiger charge is -2.11. The Morgan fingerprint density at radius 3 is 2.33 bits per heavy atom. The Labute approximate surface area is 95.8 Å². The summed E-state index contributed by atoms with van der Waals surface area (Å²) in [6.07, 6.45) is -4.60. The minimum Gasteiger partial charge on any atom is -0.478 e. The molecule has 0 radical (unpaired) electrons. The van der Waals surface area contributed by atoms with Crippen LogP contribution in [0.5, 0.6) is 0 Å². The molecule has 0 aliphatic heterocycles. The molecule has 15 heavy (non-hydrogen) atoms. The van der Waals surface area contributed by atoms with Crippen LogP contribution in [-0.4, -0.2) is 11.1 Å². The lowest BCUT2D eigenvalue weighted by molar-refractivity contribution is -0.137. The Morgan fingerprint density at radius 2 is 1.93 bits per heavy atom. The van der Waals surface area contributed by atoms with E-state index in [9.17, 15) is 18.0 Å². The summed E-state index contributed by atoms with van der Waals surface area (Å²) >= 11 is 8.11. The second kappa shape index (κ2) is 4.02. The molecule has 0 atom stereocenters. The summed E-state index contributed by atoms with van der Waals surface area (Å²) in [7, 11) is 0. The van der Waals surface area contributed by atoms with Crippen molar-refractivity contribution in [2.24, 2.45) is 0 Å². The first kappa shape index (κ1) is 12.3. The van der Waals surface area contributed by atoms with E-state index in [2.05, 4.69) is 15.9 Å². The summed E-state index contributed by atoms with van der Waals surface area (Å²) in [6.45, 7) is 0. The van der Waals surface area contributed by atoms with Crippen LogP contribution in [-0.2, 0) is 6.18 Å². The van der Waals surface area contributed by atoms with Crippen molar-refractivity contribution >= 4 is 33.5 Å². The molecule has 0 amide bonds. The van der Waals surface area contributed by atoms with E-state index in [0.29, 0.717) is 6.07 Å². The molecule has 0 fully saturated rings. The van der Waals surface area contributed by atoms with Crippen molar-refractivity contribution in [2.45, 2.75) is 6.18 Å². The minimum absolute atomic E-state index is 0.272. The van der Waals surface area contributed by atoms with Crippen LogP contribution >= 0.6 is 27.5 Å². The molecule has 1 aromatic rings. The van der Waals surface area contributed by atoms with Crippen molar-refractivity contribution in [2.75, 3.05) is 0 Å². The normalized spacial score (nSPS) is 11.5. The summed E-state index contributed by atoms with van der Waals surface area (Å²) < 4.78 is 36.7. The number of carboxylic acid groups (broad SMARTS) is 1. The lowest BCUT2D eigenvalue weighted by Crippen LogP contribution is -2.08. The van der Waals surface area contributed by atoms with Gasteiger partial charge in [0.15, 0.2) is 0 Å². The predicted molar refractivity (Wildman–Crippen MR) is 51.1 cm³/mol. The number of halogens is 5. The molecule has 0 heterocycles. The van der Waals surface area contributed by atoms with Gasteiger partial charge in [0.25, 0.3) is 0 Å². The number of rotatable bonds is 1. The van der Waals surface area contributed by atoms with Gasteiger partial charge in [-0.3, -0.25) is 0 Å². The summed E-state index contributed by atoms with van der Waals surface area (Å²) in [5, 5.41) is 7.96. The van der Waals surface area contributed by atoms with Gasteiger partial charge in [0, 0.05) is 0 Å². The zero-order valence-electron chi connectivity index (χ0n) is 6.90. The molecule has 0 aromatic heterocycles. The molecule has 2 nitrogen and oxygen atoms in total. The van der Waals surface area contributed by atoms with Gasteiger partial charge in [0.1, 0.15) is 0 Å². The second-order valence-corrected chi connectivity index (χ2v) is 3.76. The van der Waals surface area contributed by atoms with Gasteiger partial charge in [-0.25, -0.2) is 4.79 Å². The molecule has 0 spiro atoms. The van der Waals surface area contributed by atoms with Crippen molar-refractivity contribution in [1.29, 1.82) is 0 Å². The number of aromatic carboxylic acids is 1. The van der Waals surface area contributed by atoms with Crippen molar-refractivity contribution in [3.63, 3.8) is 0 Å². The van der Waals surface area contributed by atoms with E-state index in [-0.39, 0.29) is 10.0 Å². The predicted octanol–water partition coefficient (Wildman–Crippen LogP) is 3.82. The molecule has 1 N–H and O–H groups in total. The Kier molecular flexibility index (Phi) is 3.30. The number of alkyl halides is 3. The van der Waals surface area contributed by atoms with Gasteiger partial charge in [-0.05, 0) is 28.1 Å². The van der Waals surface area contributed by atoms with Crippen LogP contribution in [0.4, 0.5) is 13.2 Å². The van der Waals surface area contributed by atoms with Crippen LogP contribution in [0.15, 0.2) is 16.6 Å². The molecule has 0 aliphatic rings. The fraction of sp³-hybridized carbons (Fsp3) is 0.125. The number of hydrogen-bond donors (Lipinski definition) is 1. The van der Waals surface area contributed by atoms with Crippen LogP contribution in [0.1, 0.15) is 15.9 Å². The maximum Gasteiger partial charge on any atom is 0.417 e. The van der Waals surface area contributed by atoms with Crippen LogP contribution in [0.2, 0.25) is 5.02 Å². The summed E-state index contributed by atoms with van der Waals surface area (Å²) in [6, 6.07) is 1.48. The van der Waals surface area contributed by atoms with E-state index in [4.69, 9.17) is 16.7 Å². The van der Waals surface area contributed by atoms with E-state index in [1.54, 1.807) is 0 Å². The summed E-state index contributed by atoms with van der Waals surface area (Å²) in [4.78, 5) is 10.6. The molecule has 0 aliphatic carbocycles. The molecule has 0 saturated carbocycles. The first-order chi connectivity index (χ1) is 6.75. The number of hydrogen-bond acceptors (Lipinski definition) is 1. The van der Waals surface area contributed by atoms with E-state index >= 15 is 0 Å². The fourth-order valence-corrected chi connectivity index (χ4v) is 1.72. The first-order valence-corrected chi connectivity index (χ1v) is 4.70. The highest BCUT2D eigenvalue weighted by Gasteiger charge is 2.34. The van der Waals surface area contributed by atoms with E-state index in [1.807, 2.05) is 0 Å². The van der Waals surface area contributed by atoms with Gasteiger partial charge < -0.3 is 5.11 Å². The highest BCUT2D eigenvalue weighted by molar-refractivity contribution is 9.10. The largest absolute Gasteiger partial charge is 0.478 e. The zero-order chi connectivity index (χ0) is 11.8. The van der Waals surface area contributed by atoms with Crippen LogP contribution in [0.25, 0.3) is 0 Å². The molecule has 1 rings (SSSR count). The molecule has 82 valence electrons. The van der Waals surface area contributed by atoms with Gasteiger partial charge in [-0.15, -0.1) is 0 Å². The Morgan fingerprint density at radius 1 is 1.40 bits per heavy atom. The number of benzene rings is 1. The highest BCUT2D eigenvalue weighted by atomic mass is 79.9. The molecule has 1 aromatic carbocycles. The fourth-order valence-electron chi connectivity index (χ4n) is 0.934. The van der Waals surface area contributed by atoms with Crippen molar-refractivity contribution < 1.29 is 23.1 Å². The van der Waals surface area contributed by atoms with Crippen molar-refractivity contribution in [3.05, 3.63) is 32.8 Å². The third-order valence-corrected chi connectivity index (χ3v) is 3.06. The Balaban J connectivity index is 3.41. The standard InChI is InChI=1S/C8H3BrClF3O2/c9-5-3(7(14)15)1-2-4(6(5)10)8(11,12)13/h1-2H,(H,14,15). The lowest BCUT2D eigenvalue weighted by atomic mass is 10.1. The maximum absolute atomic E-state index is 12.3. The van der Waals surface area contributed by atoms with Gasteiger partial charge in [0.2, 0.25) is 0 Å². The number of carbonyl (C=O) groups is 1. The minimum atomic E-state index is -4.60. The third kappa shape index (κ3) is 2.43. The third-order valence-electron chi connectivity index (χ3n) is 1.62. The monoisotopic (exact) mass is 302 g/mol. The van der Waals surface area contributed by atoms with E-state index in [0.717, 1.165) is 6.07 Å². The maximum atomic E-state index is 12.3. The second-order valence-electron chi connectivity index (χ2n) is 2.59. The van der Waals surface area contributed by atoms with E-state index in [1.165, 1.54) is 0 Å². The first-order valence-electron chi connectivity index (χ1n) is 3.53. The number of carboxylic acids is 1. The topological polar surface area (TPSA) is 37.3 Å². The highest BCUT2D eigenvalue weighted by Crippen LogP contribution is 2.39. The SMILES string of the molecule is O=C(O)c1ccc(C(F)(F)F)c(Cl)c1Br. The van der Waals surface area contributed by atoms with Crippen LogP contribution in [0, 0.1) is 0 Å². The van der Waals surface area contributed by atoms with Crippen LogP contribution in [0.3, 0.4) is 0 Å².